The molecule has 4 rings (SSSR count). The van der Waals surface area contributed by atoms with Crippen molar-refractivity contribution >= 4 is 29.0 Å². The fourth-order valence-electron chi connectivity index (χ4n) is 5.32. The lowest BCUT2D eigenvalue weighted by atomic mass is 9.54. The molecule has 3 aliphatic carbocycles. The fourth-order valence-corrected chi connectivity index (χ4v) is 5.32. The minimum atomic E-state index is -3.12. The van der Waals surface area contributed by atoms with E-state index in [9.17, 15) is 44.7 Å². The molecule has 7 N–H and O–H groups in total. The minimum absolute atomic E-state index is 0.0542. The van der Waals surface area contributed by atoms with E-state index in [0.717, 1.165) is 0 Å². The molecule has 1 saturated carbocycles. The Bertz CT molecular complexity index is 1230. The average molecular weight is 458 g/mol. The Hall–Kier alpha value is -3.54. The zero-order chi connectivity index (χ0) is 24.8. The van der Waals surface area contributed by atoms with E-state index in [2.05, 4.69) is 0 Å². The first-order valence-electron chi connectivity index (χ1n) is 9.94. The van der Waals surface area contributed by atoms with Gasteiger partial charge < -0.3 is 31.3 Å². The van der Waals surface area contributed by atoms with Crippen molar-refractivity contribution in [3.8, 4) is 5.75 Å². The van der Waals surface area contributed by atoms with Gasteiger partial charge in [-0.25, -0.2) is 0 Å². The Morgan fingerprint density at radius 1 is 1.09 bits per heavy atom. The number of carbonyl (C=O) groups excluding carboxylic acids is 4. The molecule has 0 heterocycles. The van der Waals surface area contributed by atoms with Gasteiger partial charge in [0.15, 0.2) is 17.2 Å². The Morgan fingerprint density at radius 2 is 1.70 bits per heavy atom. The van der Waals surface area contributed by atoms with E-state index < -0.39 is 80.8 Å². The van der Waals surface area contributed by atoms with Crippen molar-refractivity contribution in [2.45, 2.75) is 24.2 Å². The summed E-state index contributed by atoms with van der Waals surface area (Å²) in [5.74, 6) is -11.4. The van der Waals surface area contributed by atoms with Crippen molar-refractivity contribution in [2.75, 3.05) is 14.1 Å². The first kappa shape index (κ1) is 22.6. The standard InChI is InChI=1S/C22H22N2O9/c1-21(32)7-5-4-6-8(25)9(7)15(26)10-12(21)17(28)13-14(24(2)3)16(27)11(20(23)31)19(30)22(13,33)18(10)29/h4-6,12-14,25-26,30,32-33H,1-3H3,(H2,23,31)/t12-,13-,14+,21-,22+/m1/s1. The fraction of sp³-hybridized carbons (Fsp3) is 0.364. The summed E-state index contributed by atoms with van der Waals surface area (Å²) in [5.41, 5.74) is -2.24. The summed E-state index contributed by atoms with van der Waals surface area (Å²) in [6.45, 7) is 1.19. The summed E-state index contributed by atoms with van der Waals surface area (Å²) < 4.78 is 0. The second-order valence-electron chi connectivity index (χ2n) is 8.88. The third-order valence-corrected chi connectivity index (χ3v) is 6.79. The summed E-state index contributed by atoms with van der Waals surface area (Å²) in [7, 11) is 2.72. The van der Waals surface area contributed by atoms with Gasteiger partial charge in [0.25, 0.3) is 5.91 Å². The number of aromatic hydroxyl groups is 1. The summed E-state index contributed by atoms with van der Waals surface area (Å²) in [6.07, 6.45) is 0. The van der Waals surface area contributed by atoms with Gasteiger partial charge in [0, 0.05) is 0 Å². The molecule has 0 unspecified atom stereocenters. The number of phenolic OH excluding ortho intramolecular Hbond substituents is 1. The lowest BCUT2D eigenvalue weighted by molar-refractivity contribution is -0.169. The number of likely N-dealkylation sites (N-methyl/N-ethyl adjacent to an activating group) is 1. The molecule has 0 bridgehead atoms. The number of ketones is 3. The van der Waals surface area contributed by atoms with Crippen molar-refractivity contribution in [3.05, 3.63) is 46.2 Å². The molecule has 3 aliphatic rings. The van der Waals surface area contributed by atoms with E-state index in [4.69, 9.17) is 5.73 Å². The van der Waals surface area contributed by atoms with Crippen molar-refractivity contribution in [2.24, 2.45) is 17.6 Å². The van der Waals surface area contributed by atoms with Crippen molar-refractivity contribution < 1.29 is 44.7 Å². The number of fused-ring (bicyclic) bond motifs is 3. The third kappa shape index (κ3) is 2.55. The van der Waals surface area contributed by atoms with Gasteiger partial charge in [-0.15, -0.1) is 0 Å². The maximum absolute atomic E-state index is 13.8. The van der Waals surface area contributed by atoms with Crippen LogP contribution in [0.25, 0.3) is 5.76 Å². The van der Waals surface area contributed by atoms with Crippen LogP contribution in [0.5, 0.6) is 5.75 Å². The highest BCUT2D eigenvalue weighted by Crippen LogP contribution is 2.55. The van der Waals surface area contributed by atoms with E-state index in [-0.39, 0.29) is 11.1 Å². The molecule has 1 aromatic rings. The number of phenols is 1. The molecule has 5 atom stereocenters. The topological polar surface area (TPSA) is 199 Å². The maximum atomic E-state index is 13.8. The molecule has 11 nitrogen and oxygen atoms in total. The molecule has 0 saturated heterocycles. The van der Waals surface area contributed by atoms with Crippen LogP contribution in [0.3, 0.4) is 0 Å². The molecule has 1 fully saturated rings. The third-order valence-electron chi connectivity index (χ3n) is 6.79. The van der Waals surface area contributed by atoms with Crippen LogP contribution >= 0.6 is 0 Å². The van der Waals surface area contributed by atoms with Gasteiger partial charge in [0.2, 0.25) is 5.78 Å². The molecular weight excluding hydrogens is 436 g/mol. The molecule has 1 aromatic carbocycles. The number of aliphatic hydroxyl groups excluding tert-OH is 2. The van der Waals surface area contributed by atoms with Crippen LogP contribution in [0, 0.1) is 11.8 Å². The predicted octanol–water partition coefficient (Wildman–Crippen LogP) is -1.19. The number of benzene rings is 1. The maximum Gasteiger partial charge on any atom is 0.255 e. The van der Waals surface area contributed by atoms with Gasteiger partial charge in [-0.2, -0.15) is 0 Å². The van der Waals surface area contributed by atoms with E-state index in [1.807, 2.05) is 0 Å². The second-order valence-corrected chi connectivity index (χ2v) is 8.88. The average Bonchev–Trinajstić information content (AvgIpc) is 2.70. The monoisotopic (exact) mass is 458 g/mol. The number of rotatable bonds is 2. The molecule has 0 radical (unpaired) electrons. The SMILES string of the molecule is CN(C)[C@@H]1C(=O)C(C(N)=O)=C(O)[C@@]2(O)C(=O)C3=C(O)c4c(O)cccc4[C@@](C)(O)[C@H]3C(=O)[C@@H]12. The van der Waals surface area contributed by atoms with Gasteiger partial charge in [0.1, 0.15) is 28.4 Å². The number of nitrogens with two attached hydrogens (primary N) is 1. The lowest BCUT2D eigenvalue weighted by Gasteiger charge is -2.51. The van der Waals surface area contributed by atoms with E-state index in [1.165, 1.54) is 44.1 Å². The van der Waals surface area contributed by atoms with Gasteiger partial charge >= 0.3 is 0 Å². The summed E-state index contributed by atoms with van der Waals surface area (Å²) >= 11 is 0. The molecule has 0 aliphatic heterocycles. The lowest BCUT2D eigenvalue weighted by Crippen LogP contribution is -2.70. The molecular formula is C22H22N2O9. The van der Waals surface area contributed by atoms with Crippen LogP contribution < -0.4 is 5.73 Å². The predicted molar refractivity (Wildman–Crippen MR) is 111 cm³/mol. The Labute approximate surface area is 187 Å². The Kier molecular flexibility index (Phi) is 4.62. The van der Waals surface area contributed by atoms with Crippen LogP contribution in [0.15, 0.2) is 35.1 Å². The number of nitrogens with zero attached hydrogens (tertiary/aromatic N) is 1. The van der Waals surface area contributed by atoms with Crippen LogP contribution in [0.1, 0.15) is 18.1 Å². The van der Waals surface area contributed by atoms with Crippen LogP contribution in [0.4, 0.5) is 0 Å². The van der Waals surface area contributed by atoms with E-state index in [1.54, 1.807) is 0 Å². The van der Waals surface area contributed by atoms with Crippen molar-refractivity contribution in [1.82, 2.24) is 4.90 Å². The quantitative estimate of drug-likeness (QED) is 0.293. The van der Waals surface area contributed by atoms with Crippen molar-refractivity contribution in [3.63, 3.8) is 0 Å². The second kappa shape index (κ2) is 6.73. The van der Waals surface area contributed by atoms with Crippen LogP contribution in [-0.2, 0) is 24.8 Å². The highest BCUT2D eigenvalue weighted by atomic mass is 16.4. The molecule has 0 aromatic heterocycles. The van der Waals surface area contributed by atoms with E-state index in [0.29, 0.717) is 0 Å². The number of amides is 1. The smallest absolute Gasteiger partial charge is 0.255 e. The molecule has 11 heteroatoms. The number of hydrogen-bond acceptors (Lipinski definition) is 10. The number of Topliss-reactive ketones (excluding diaryl/α,β-unsaturated/α-hetero) is 3. The van der Waals surface area contributed by atoms with Crippen molar-refractivity contribution in [1.29, 1.82) is 0 Å². The number of primary amides is 1. The Morgan fingerprint density at radius 3 is 2.24 bits per heavy atom. The highest BCUT2D eigenvalue weighted by molar-refractivity contribution is 6.28. The number of hydrogen-bond donors (Lipinski definition) is 6. The Balaban J connectivity index is 2.12. The van der Waals surface area contributed by atoms with E-state index >= 15 is 0 Å². The first-order chi connectivity index (χ1) is 15.2. The number of carbonyl (C=O) groups is 4. The van der Waals surface area contributed by atoms with Gasteiger partial charge in [-0.05, 0) is 32.6 Å². The summed E-state index contributed by atoms with van der Waals surface area (Å²) in [6, 6.07) is 2.31. The normalized spacial score (nSPS) is 33.8. The van der Waals surface area contributed by atoms with Crippen LogP contribution in [0.2, 0.25) is 0 Å². The van der Waals surface area contributed by atoms with Gasteiger partial charge in [-0.3, -0.25) is 24.1 Å². The molecule has 174 valence electrons. The summed E-state index contributed by atoms with van der Waals surface area (Å²) in [4.78, 5) is 53.5. The highest BCUT2D eigenvalue weighted by Gasteiger charge is 2.70. The zero-order valence-corrected chi connectivity index (χ0v) is 17.9. The molecule has 33 heavy (non-hydrogen) atoms. The van der Waals surface area contributed by atoms with Gasteiger partial charge in [-0.1, -0.05) is 12.1 Å². The molecule has 0 spiro atoms. The first-order valence-corrected chi connectivity index (χ1v) is 9.94. The largest absolute Gasteiger partial charge is 0.508 e. The number of aliphatic hydroxyl groups is 4. The zero-order valence-electron chi connectivity index (χ0n) is 17.9. The van der Waals surface area contributed by atoms with Crippen LogP contribution in [-0.4, -0.2) is 79.4 Å². The summed E-state index contributed by atoms with van der Waals surface area (Å²) in [5, 5.41) is 54.7. The molecule has 1 amide bonds. The van der Waals surface area contributed by atoms with Gasteiger partial charge in [0.05, 0.1) is 29.0 Å². The minimum Gasteiger partial charge on any atom is -0.508 e.